The van der Waals surface area contributed by atoms with Gasteiger partial charge in [-0.25, -0.2) is 0 Å². The molecule has 1 aromatic carbocycles. The predicted octanol–water partition coefficient (Wildman–Crippen LogP) is 1.24. The van der Waals surface area contributed by atoms with Gasteiger partial charge in [-0.2, -0.15) is 0 Å². The van der Waals surface area contributed by atoms with Gasteiger partial charge in [-0.1, -0.05) is 6.92 Å². The van der Waals surface area contributed by atoms with Crippen molar-refractivity contribution in [3.05, 3.63) is 18.2 Å². The fourth-order valence-corrected chi connectivity index (χ4v) is 1.60. The van der Waals surface area contributed by atoms with E-state index in [2.05, 4.69) is 5.32 Å². The fraction of sp³-hybridized carbons (Fsp3) is 0.462. The number of nitrogens with two attached hydrogens (primary N) is 1. The lowest BCUT2D eigenvalue weighted by Gasteiger charge is -2.21. The summed E-state index contributed by atoms with van der Waals surface area (Å²) in [7, 11) is 3.43. The first-order chi connectivity index (χ1) is 8.58. The number of methoxy groups -OCH3 is 1. The lowest BCUT2D eigenvalue weighted by atomic mass is 10.2. The van der Waals surface area contributed by atoms with Gasteiger partial charge in [-0.3, -0.25) is 4.79 Å². The van der Waals surface area contributed by atoms with Crippen LogP contribution in [0.2, 0.25) is 0 Å². The van der Waals surface area contributed by atoms with Crippen LogP contribution in [-0.2, 0) is 4.79 Å². The van der Waals surface area contributed by atoms with Crippen LogP contribution in [0.4, 0.5) is 11.4 Å². The summed E-state index contributed by atoms with van der Waals surface area (Å²) in [5.74, 6) is 0.710. The summed E-state index contributed by atoms with van der Waals surface area (Å²) in [5, 5.41) is 2.83. The van der Waals surface area contributed by atoms with Gasteiger partial charge in [0.1, 0.15) is 5.75 Å². The molecule has 0 heterocycles. The first-order valence-corrected chi connectivity index (χ1v) is 5.99. The molecule has 0 spiro atoms. The van der Waals surface area contributed by atoms with Crippen LogP contribution in [0.5, 0.6) is 5.75 Å². The molecule has 1 rings (SSSR count). The number of hydrogen-bond acceptors (Lipinski definition) is 4. The van der Waals surface area contributed by atoms with Gasteiger partial charge in [-0.05, 0) is 18.6 Å². The van der Waals surface area contributed by atoms with Crippen molar-refractivity contribution in [1.82, 2.24) is 5.32 Å². The zero-order chi connectivity index (χ0) is 13.5. The Kier molecular flexibility index (Phi) is 5.30. The van der Waals surface area contributed by atoms with E-state index in [1.54, 1.807) is 19.2 Å². The normalized spacial score (nSPS) is 9.94. The standard InChI is InChI=1S/C13H21N3O2/c1-4-7-15-13(17)9-16(2)12-8-10(18-3)5-6-11(12)14/h5-6,8H,4,7,9,14H2,1-3H3,(H,15,17). The van der Waals surface area contributed by atoms with E-state index in [0.717, 1.165) is 17.9 Å². The highest BCUT2D eigenvalue weighted by Crippen LogP contribution is 2.26. The van der Waals surface area contributed by atoms with Crippen molar-refractivity contribution < 1.29 is 9.53 Å². The molecule has 0 aromatic heterocycles. The monoisotopic (exact) mass is 251 g/mol. The molecule has 0 saturated heterocycles. The molecule has 0 fully saturated rings. The van der Waals surface area contributed by atoms with E-state index in [0.29, 0.717) is 12.2 Å². The first kappa shape index (κ1) is 14.2. The fourth-order valence-electron chi connectivity index (χ4n) is 1.60. The van der Waals surface area contributed by atoms with Crippen LogP contribution >= 0.6 is 0 Å². The second-order valence-corrected chi connectivity index (χ2v) is 4.13. The number of carbonyl (C=O) groups excluding carboxylic acids is 1. The molecular formula is C13H21N3O2. The molecule has 0 atom stereocenters. The topological polar surface area (TPSA) is 67.6 Å². The van der Waals surface area contributed by atoms with Crippen LogP contribution < -0.4 is 20.7 Å². The molecule has 0 aliphatic carbocycles. The lowest BCUT2D eigenvalue weighted by Crippen LogP contribution is -2.35. The third-order valence-electron chi connectivity index (χ3n) is 2.60. The number of nitrogen functional groups attached to an aromatic ring is 1. The van der Waals surface area contributed by atoms with Crippen molar-refractivity contribution in [2.45, 2.75) is 13.3 Å². The van der Waals surface area contributed by atoms with Gasteiger partial charge in [0.25, 0.3) is 0 Å². The minimum Gasteiger partial charge on any atom is -0.497 e. The van der Waals surface area contributed by atoms with Crippen LogP contribution in [0, 0.1) is 0 Å². The van der Waals surface area contributed by atoms with E-state index >= 15 is 0 Å². The average molecular weight is 251 g/mol. The van der Waals surface area contributed by atoms with E-state index in [1.165, 1.54) is 0 Å². The van der Waals surface area contributed by atoms with Gasteiger partial charge < -0.3 is 20.7 Å². The van der Waals surface area contributed by atoms with E-state index in [1.807, 2.05) is 24.9 Å². The number of likely N-dealkylation sites (N-methyl/N-ethyl adjacent to an activating group) is 1. The van der Waals surface area contributed by atoms with E-state index in [9.17, 15) is 4.79 Å². The van der Waals surface area contributed by atoms with Crippen LogP contribution in [0.3, 0.4) is 0 Å². The zero-order valence-corrected chi connectivity index (χ0v) is 11.2. The van der Waals surface area contributed by atoms with E-state index < -0.39 is 0 Å². The maximum absolute atomic E-state index is 11.6. The van der Waals surface area contributed by atoms with Gasteiger partial charge in [0.15, 0.2) is 0 Å². The summed E-state index contributed by atoms with van der Waals surface area (Å²) < 4.78 is 5.15. The van der Waals surface area contributed by atoms with E-state index in [-0.39, 0.29) is 12.5 Å². The Labute approximate surface area is 108 Å². The Hall–Kier alpha value is -1.91. The lowest BCUT2D eigenvalue weighted by molar-refractivity contribution is -0.119. The summed E-state index contributed by atoms with van der Waals surface area (Å²) in [5.41, 5.74) is 7.31. The summed E-state index contributed by atoms with van der Waals surface area (Å²) in [6.07, 6.45) is 0.927. The molecule has 0 aliphatic rings. The van der Waals surface area contributed by atoms with Gasteiger partial charge in [0.2, 0.25) is 5.91 Å². The highest BCUT2D eigenvalue weighted by atomic mass is 16.5. The quantitative estimate of drug-likeness (QED) is 0.746. The molecule has 0 aliphatic heterocycles. The van der Waals surface area contributed by atoms with Crippen molar-refractivity contribution in [2.24, 2.45) is 0 Å². The number of nitrogens with zero attached hydrogens (tertiary/aromatic N) is 1. The minimum absolute atomic E-state index is 0.0124. The Balaban J connectivity index is 2.71. The second-order valence-electron chi connectivity index (χ2n) is 4.13. The Morgan fingerprint density at radius 1 is 1.50 bits per heavy atom. The number of hydrogen-bond donors (Lipinski definition) is 2. The third kappa shape index (κ3) is 3.84. The SMILES string of the molecule is CCCNC(=O)CN(C)c1cc(OC)ccc1N. The highest BCUT2D eigenvalue weighted by molar-refractivity contribution is 5.83. The largest absolute Gasteiger partial charge is 0.497 e. The molecule has 0 bridgehead atoms. The number of ether oxygens (including phenoxy) is 1. The van der Waals surface area contributed by atoms with Gasteiger partial charge in [0.05, 0.1) is 25.0 Å². The van der Waals surface area contributed by atoms with Gasteiger partial charge >= 0.3 is 0 Å². The molecule has 18 heavy (non-hydrogen) atoms. The summed E-state index contributed by atoms with van der Waals surface area (Å²) in [4.78, 5) is 13.4. The average Bonchev–Trinajstić information content (AvgIpc) is 2.36. The Morgan fingerprint density at radius 3 is 2.83 bits per heavy atom. The summed E-state index contributed by atoms with van der Waals surface area (Å²) in [6, 6.07) is 5.39. The molecule has 5 heteroatoms. The molecule has 100 valence electrons. The summed E-state index contributed by atoms with van der Waals surface area (Å²) >= 11 is 0. The number of anilines is 2. The minimum atomic E-state index is -0.0124. The molecule has 1 amide bonds. The van der Waals surface area contributed by atoms with Gasteiger partial charge in [0, 0.05) is 19.7 Å². The molecular weight excluding hydrogens is 230 g/mol. The maximum Gasteiger partial charge on any atom is 0.239 e. The molecule has 0 saturated carbocycles. The number of rotatable bonds is 6. The van der Waals surface area contributed by atoms with Crippen LogP contribution in [0.25, 0.3) is 0 Å². The number of nitrogens with one attached hydrogen (secondary N) is 1. The Morgan fingerprint density at radius 2 is 2.22 bits per heavy atom. The van der Waals surface area contributed by atoms with Crippen molar-refractivity contribution in [2.75, 3.05) is 37.9 Å². The number of benzene rings is 1. The number of amides is 1. The van der Waals surface area contributed by atoms with Crippen molar-refractivity contribution in [3.8, 4) is 5.75 Å². The smallest absolute Gasteiger partial charge is 0.239 e. The summed E-state index contributed by atoms with van der Waals surface area (Å²) in [6.45, 7) is 2.99. The first-order valence-electron chi connectivity index (χ1n) is 5.99. The van der Waals surface area contributed by atoms with Crippen LogP contribution in [0.1, 0.15) is 13.3 Å². The second kappa shape index (κ2) is 6.74. The van der Waals surface area contributed by atoms with Gasteiger partial charge in [-0.15, -0.1) is 0 Å². The van der Waals surface area contributed by atoms with Crippen molar-refractivity contribution in [3.63, 3.8) is 0 Å². The molecule has 1 aromatic rings. The van der Waals surface area contributed by atoms with Crippen molar-refractivity contribution in [1.29, 1.82) is 0 Å². The third-order valence-corrected chi connectivity index (χ3v) is 2.60. The molecule has 5 nitrogen and oxygen atoms in total. The molecule has 0 radical (unpaired) electrons. The highest BCUT2D eigenvalue weighted by Gasteiger charge is 2.10. The van der Waals surface area contributed by atoms with E-state index in [4.69, 9.17) is 10.5 Å². The molecule has 0 unspecified atom stereocenters. The molecule has 3 N–H and O–H groups in total. The zero-order valence-electron chi connectivity index (χ0n) is 11.2. The maximum atomic E-state index is 11.6. The van der Waals surface area contributed by atoms with Crippen molar-refractivity contribution >= 4 is 17.3 Å². The van der Waals surface area contributed by atoms with Crippen LogP contribution in [-0.4, -0.2) is 33.2 Å². The van der Waals surface area contributed by atoms with Crippen LogP contribution in [0.15, 0.2) is 18.2 Å². The number of carbonyl (C=O) groups is 1. The predicted molar refractivity (Wildman–Crippen MR) is 74.0 cm³/mol. The Bertz CT molecular complexity index is 407.